The Morgan fingerprint density at radius 1 is 1.06 bits per heavy atom. The van der Waals surface area contributed by atoms with E-state index in [1.807, 2.05) is 70.8 Å². The first-order chi connectivity index (χ1) is 15.3. The number of carbonyl (C=O) groups excluding carboxylic acids is 1. The van der Waals surface area contributed by atoms with Crippen LogP contribution in [0.4, 0.5) is 0 Å². The first-order valence-corrected chi connectivity index (χ1v) is 10.6. The lowest BCUT2D eigenvalue weighted by molar-refractivity contribution is 0.0939. The number of carbonyl (C=O) groups is 1. The number of amides is 1. The van der Waals surface area contributed by atoms with Crippen molar-refractivity contribution < 1.29 is 4.79 Å². The van der Waals surface area contributed by atoms with Gasteiger partial charge in [-0.2, -0.15) is 10.2 Å². The fraction of sp³-hybridized carbons (Fsp3) is 0.240. The highest BCUT2D eigenvalue weighted by atomic mass is 16.1. The summed E-state index contributed by atoms with van der Waals surface area (Å²) in [5.74, 6) is -0.114. The quantitative estimate of drug-likeness (QED) is 0.489. The van der Waals surface area contributed by atoms with Crippen LogP contribution < -0.4 is 11.1 Å². The van der Waals surface area contributed by atoms with E-state index in [-0.39, 0.29) is 11.9 Å². The number of nitrogens with one attached hydrogen (secondary N) is 1. The van der Waals surface area contributed by atoms with Gasteiger partial charge in [0.1, 0.15) is 0 Å². The number of aromatic nitrogens is 4. The molecule has 0 bridgehead atoms. The number of nitrogens with two attached hydrogens (primary N) is 1. The Balaban J connectivity index is 1.69. The van der Waals surface area contributed by atoms with Crippen molar-refractivity contribution in [3.05, 3.63) is 83.3 Å². The van der Waals surface area contributed by atoms with Crippen LogP contribution >= 0.6 is 0 Å². The highest BCUT2D eigenvalue weighted by Gasteiger charge is 2.17. The van der Waals surface area contributed by atoms with Crippen molar-refractivity contribution in [2.45, 2.75) is 26.4 Å². The van der Waals surface area contributed by atoms with Gasteiger partial charge in [-0.15, -0.1) is 0 Å². The summed E-state index contributed by atoms with van der Waals surface area (Å²) in [5.41, 5.74) is 13.2. The van der Waals surface area contributed by atoms with Crippen molar-refractivity contribution >= 4 is 5.91 Å². The number of nitrogens with zero attached hydrogens (tertiary/aromatic N) is 4. The van der Waals surface area contributed by atoms with Crippen molar-refractivity contribution in [1.29, 1.82) is 0 Å². The molecule has 1 amide bonds. The Bertz CT molecular complexity index is 1210. The van der Waals surface area contributed by atoms with Gasteiger partial charge in [-0.1, -0.05) is 12.1 Å². The Morgan fingerprint density at radius 2 is 1.84 bits per heavy atom. The monoisotopic (exact) mass is 428 g/mol. The SMILES string of the molecule is Cc1ccc(CN)cc1C(=O)N[C@H](C)c1cc(-c2cnn(C)c2)cc(-c2ccn(C)n2)c1. The minimum absolute atomic E-state index is 0.114. The van der Waals surface area contributed by atoms with Crippen LogP contribution in [0.25, 0.3) is 22.4 Å². The zero-order valence-corrected chi connectivity index (χ0v) is 18.8. The van der Waals surface area contributed by atoms with Crippen LogP contribution in [-0.2, 0) is 20.6 Å². The zero-order valence-electron chi connectivity index (χ0n) is 18.8. The average molecular weight is 429 g/mol. The molecular weight excluding hydrogens is 400 g/mol. The van der Waals surface area contributed by atoms with Gasteiger partial charge in [0.25, 0.3) is 5.91 Å². The normalized spacial score (nSPS) is 12.0. The van der Waals surface area contributed by atoms with Crippen molar-refractivity contribution in [2.24, 2.45) is 19.8 Å². The summed E-state index contributed by atoms with van der Waals surface area (Å²) < 4.78 is 3.56. The maximum atomic E-state index is 13.1. The molecule has 0 saturated carbocycles. The van der Waals surface area contributed by atoms with E-state index in [4.69, 9.17) is 5.73 Å². The van der Waals surface area contributed by atoms with Gasteiger partial charge in [-0.25, -0.2) is 0 Å². The molecule has 0 unspecified atom stereocenters. The lowest BCUT2D eigenvalue weighted by Gasteiger charge is -2.18. The van der Waals surface area contributed by atoms with Crippen LogP contribution in [-0.4, -0.2) is 25.5 Å². The van der Waals surface area contributed by atoms with Gasteiger partial charge in [0.2, 0.25) is 0 Å². The molecule has 0 aliphatic rings. The second kappa shape index (κ2) is 8.80. The highest BCUT2D eigenvalue weighted by molar-refractivity contribution is 5.96. The predicted molar refractivity (Wildman–Crippen MR) is 126 cm³/mol. The summed E-state index contributed by atoms with van der Waals surface area (Å²) in [5, 5.41) is 12.0. The maximum Gasteiger partial charge on any atom is 0.252 e. The van der Waals surface area contributed by atoms with Gasteiger partial charge in [0.05, 0.1) is 17.9 Å². The topological polar surface area (TPSA) is 90.8 Å². The van der Waals surface area contributed by atoms with E-state index < -0.39 is 0 Å². The maximum absolute atomic E-state index is 13.1. The lowest BCUT2D eigenvalue weighted by Crippen LogP contribution is -2.27. The van der Waals surface area contributed by atoms with Gasteiger partial charge in [-0.05, 0) is 66.4 Å². The first kappa shape index (κ1) is 21.5. The average Bonchev–Trinajstić information content (AvgIpc) is 3.42. The molecule has 2 aromatic carbocycles. The predicted octanol–water partition coefficient (Wildman–Crippen LogP) is 3.75. The van der Waals surface area contributed by atoms with E-state index >= 15 is 0 Å². The molecule has 0 spiro atoms. The van der Waals surface area contributed by atoms with Crippen LogP contribution in [0.5, 0.6) is 0 Å². The third-order valence-electron chi connectivity index (χ3n) is 5.63. The minimum Gasteiger partial charge on any atom is -0.346 e. The van der Waals surface area contributed by atoms with Gasteiger partial charge >= 0.3 is 0 Å². The third-order valence-corrected chi connectivity index (χ3v) is 5.63. The molecule has 0 saturated heterocycles. The van der Waals surface area contributed by atoms with Crippen molar-refractivity contribution in [3.63, 3.8) is 0 Å². The molecule has 7 nitrogen and oxygen atoms in total. The van der Waals surface area contributed by atoms with Crippen LogP contribution in [0.1, 0.15) is 40.0 Å². The van der Waals surface area contributed by atoms with Crippen LogP contribution in [0.3, 0.4) is 0 Å². The molecule has 4 aromatic rings. The van der Waals surface area contributed by atoms with Crippen LogP contribution in [0, 0.1) is 6.92 Å². The number of benzene rings is 2. The Morgan fingerprint density at radius 3 is 2.50 bits per heavy atom. The lowest BCUT2D eigenvalue weighted by atomic mass is 9.96. The first-order valence-electron chi connectivity index (χ1n) is 10.6. The van der Waals surface area contributed by atoms with E-state index in [2.05, 4.69) is 33.7 Å². The van der Waals surface area contributed by atoms with E-state index in [1.165, 1.54) is 0 Å². The largest absolute Gasteiger partial charge is 0.346 e. The molecule has 164 valence electrons. The summed E-state index contributed by atoms with van der Waals surface area (Å²) in [6.07, 6.45) is 5.74. The molecule has 0 radical (unpaired) electrons. The number of rotatable bonds is 6. The van der Waals surface area contributed by atoms with Gasteiger partial charge < -0.3 is 11.1 Å². The summed E-state index contributed by atoms with van der Waals surface area (Å²) in [6, 6.07) is 13.8. The van der Waals surface area contributed by atoms with Crippen molar-refractivity contribution in [1.82, 2.24) is 24.9 Å². The Labute approximate surface area is 187 Å². The molecule has 7 heteroatoms. The van der Waals surface area contributed by atoms with Gasteiger partial charge in [0.15, 0.2) is 0 Å². The summed E-state index contributed by atoms with van der Waals surface area (Å²) in [7, 11) is 3.80. The molecule has 1 atom stereocenters. The number of hydrogen-bond acceptors (Lipinski definition) is 4. The summed E-state index contributed by atoms with van der Waals surface area (Å²) in [6.45, 7) is 4.32. The molecule has 2 heterocycles. The fourth-order valence-corrected chi connectivity index (χ4v) is 3.75. The summed E-state index contributed by atoms with van der Waals surface area (Å²) >= 11 is 0. The molecule has 0 aliphatic heterocycles. The van der Waals surface area contributed by atoms with Crippen LogP contribution in [0.15, 0.2) is 61.1 Å². The second-order valence-corrected chi connectivity index (χ2v) is 8.17. The van der Waals surface area contributed by atoms with Crippen molar-refractivity contribution in [2.75, 3.05) is 0 Å². The zero-order chi connectivity index (χ0) is 22.8. The van der Waals surface area contributed by atoms with Gasteiger partial charge in [-0.3, -0.25) is 14.2 Å². The van der Waals surface area contributed by atoms with Crippen LogP contribution in [0.2, 0.25) is 0 Å². The Hall–Kier alpha value is -3.71. The minimum atomic E-state index is -0.206. The van der Waals surface area contributed by atoms with E-state index in [0.29, 0.717) is 12.1 Å². The molecule has 2 aromatic heterocycles. The van der Waals surface area contributed by atoms with Gasteiger partial charge in [0, 0.05) is 49.7 Å². The molecule has 3 N–H and O–H groups in total. The highest BCUT2D eigenvalue weighted by Crippen LogP contribution is 2.30. The number of aryl methyl sites for hydroxylation is 3. The second-order valence-electron chi connectivity index (χ2n) is 8.17. The standard InChI is InChI=1S/C25H28N6O/c1-16-5-6-18(13-26)9-23(16)25(32)28-17(2)19-10-20(22-14-27-31(4)15-22)12-21(11-19)24-7-8-30(3)29-24/h5-12,14-15,17H,13,26H2,1-4H3,(H,28,32)/t17-/m1/s1. The molecule has 0 fully saturated rings. The smallest absolute Gasteiger partial charge is 0.252 e. The molecular formula is C25H28N6O. The molecule has 4 rings (SSSR count). The van der Waals surface area contributed by atoms with Crippen molar-refractivity contribution in [3.8, 4) is 22.4 Å². The van der Waals surface area contributed by atoms with E-state index in [1.54, 1.807) is 9.36 Å². The molecule has 32 heavy (non-hydrogen) atoms. The molecule has 0 aliphatic carbocycles. The third kappa shape index (κ3) is 4.48. The fourth-order valence-electron chi connectivity index (χ4n) is 3.75. The Kier molecular flexibility index (Phi) is 5.92. The number of hydrogen-bond donors (Lipinski definition) is 2. The summed E-state index contributed by atoms with van der Waals surface area (Å²) in [4.78, 5) is 13.1. The van der Waals surface area contributed by atoms with E-state index in [0.717, 1.165) is 39.1 Å². The van der Waals surface area contributed by atoms with E-state index in [9.17, 15) is 4.79 Å².